The summed E-state index contributed by atoms with van der Waals surface area (Å²) in [5.41, 5.74) is 0.0805. The van der Waals surface area contributed by atoms with Gasteiger partial charge >= 0.3 is 16.1 Å². The third-order valence-electron chi connectivity index (χ3n) is 3.52. The molecule has 2 rings (SSSR count). The highest BCUT2D eigenvalue weighted by molar-refractivity contribution is 7.86. The topological polar surface area (TPSA) is 89.9 Å². The van der Waals surface area contributed by atoms with E-state index in [2.05, 4.69) is 0 Å². The van der Waals surface area contributed by atoms with Crippen molar-refractivity contribution in [2.24, 2.45) is 0 Å². The third kappa shape index (κ3) is 5.22. The molecule has 0 heterocycles. The molecular weight excluding hydrogens is 344 g/mol. The molecule has 0 amide bonds. The van der Waals surface area contributed by atoms with Crippen LogP contribution in [0.5, 0.6) is 11.5 Å². The minimum Gasteiger partial charge on any atom is -0.508 e. The molecule has 0 spiro atoms. The fourth-order valence-corrected chi connectivity index (χ4v) is 2.72. The summed E-state index contributed by atoms with van der Waals surface area (Å²) in [4.78, 5) is 12.1. The molecule has 0 atom stereocenters. The first kappa shape index (κ1) is 18.8. The fraction of sp³-hybridized carbons (Fsp3) is 0.278. The standard InChI is InChI=1S/C18H20O6S/c1-18(2,12-23-17(20)13-7-5-4-6-8-13)15-11-14(9-10-16(15)19)24-25(3,21)22/h4-11,19H,12H2,1-3H3. The van der Waals surface area contributed by atoms with E-state index in [4.69, 9.17) is 8.92 Å². The zero-order valence-corrected chi connectivity index (χ0v) is 15.0. The molecule has 0 aliphatic heterocycles. The van der Waals surface area contributed by atoms with E-state index in [9.17, 15) is 18.3 Å². The molecule has 7 heteroatoms. The molecular formula is C18H20O6S. The molecule has 1 N–H and O–H groups in total. The van der Waals surface area contributed by atoms with Crippen molar-refractivity contribution in [2.75, 3.05) is 12.9 Å². The maximum atomic E-state index is 12.1. The summed E-state index contributed by atoms with van der Waals surface area (Å²) in [6.45, 7) is 3.53. The van der Waals surface area contributed by atoms with E-state index in [0.29, 0.717) is 11.1 Å². The lowest BCUT2D eigenvalue weighted by atomic mass is 9.84. The average molecular weight is 364 g/mol. The van der Waals surface area contributed by atoms with E-state index < -0.39 is 21.5 Å². The van der Waals surface area contributed by atoms with Crippen molar-refractivity contribution in [3.8, 4) is 11.5 Å². The van der Waals surface area contributed by atoms with Gasteiger partial charge in [-0.15, -0.1) is 0 Å². The van der Waals surface area contributed by atoms with Gasteiger partial charge < -0.3 is 14.0 Å². The lowest BCUT2D eigenvalue weighted by molar-refractivity contribution is 0.0425. The fourth-order valence-electron chi connectivity index (χ4n) is 2.27. The molecule has 0 bridgehead atoms. The summed E-state index contributed by atoms with van der Waals surface area (Å²) in [6.07, 6.45) is 0.937. The normalized spacial score (nSPS) is 11.8. The molecule has 0 aromatic heterocycles. The number of hydrogen-bond acceptors (Lipinski definition) is 6. The van der Waals surface area contributed by atoms with E-state index in [-0.39, 0.29) is 18.1 Å². The lowest BCUT2D eigenvalue weighted by Crippen LogP contribution is -2.26. The number of benzene rings is 2. The Morgan fingerprint density at radius 3 is 2.36 bits per heavy atom. The van der Waals surface area contributed by atoms with E-state index >= 15 is 0 Å². The largest absolute Gasteiger partial charge is 0.508 e. The van der Waals surface area contributed by atoms with Gasteiger partial charge in [-0.3, -0.25) is 0 Å². The SMILES string of the molecule is CC(C)(COC(=O)c1ccccc1)c1cc(OS(C)(=O)=O)ccc1O. The van der Waals surface area contributed by atoms with Gasteiger partial charge in [-0.1, -0.05) is 32.0 Å². The number of esters is 1. The van der Waals surface area contributed by atoms with Crippen molar-refractivity contribution in [3.63, 3.8) is 0 Å². The zero-order chi connectivity index (χ0) is 18.7. The first-order valence-corrected chi connectivity index (χ1v) is 9.35. The van der Waals surface area contributed by atoms with Crippen LogP contribution in [0.25, 0.3) is 0 Å². The number of hydrogen-bond donors (Lipinski definition) is 1. The van der Waals surface area contributed by atoms with Crippen molar-refractivity contribution in [3.05, 3.63) is 59.7 Å². The van der Waals surface area contributed by atoms with Gasteiger partial charge in [-0.05, 0) is 30.3 Å². The smallest absolute Gasteiger partial charge is 0.338 e. The van der Waals surface area contributed by atoms with Gasteiger partial charge in [0.15, 0.2) is 0 Å². The van der Waals surface area contributed by atoms with Crippen LogP contribution < -0.4 is 4.18 Å². The van der Waals surface area contributed by atoms with Crippen LogP contribution in [0.3, 0.4) is 0 Å². The van der Waals surface area contributed by atoms with Gasteiger partial charge in [0.2, 0.25) is 0 Å². The first-order chi connectivity index (χ1) is 11.6. The second-order valence-corrected chi connectivity index (χ2v) is 7.87. The van der Waals surface area contributed by atoms with Crippen molar-refractivity contribution in [1.29, 1.82) is 0 Å². The number of carbonyl (C=O) groups excluding carboxylic acids is 1. The zero-order valence-electron chi connectivity index (χ0n) is 14.2. The van der Waals surface area contributed by atoms with Crippen LogP contribution in [-0.2, 0) is 20.3 Å². The summed E-state index contributed by atoms with van der Waals surface area (Å²) < 4.78 is 32.7. The van der Waals surface area contributed by atoms with Crippen LogP contribution >= 0.6 is 0 Å². The van der Waals surface area contributed by atoms with Gasteiger partial charge in [0, 0.05) is 11.0 Å². The van der Waals surface area contributed by atoms with Gasteiger partial charge in [0.1, 0.15) is 18.1 Å². The molecule has 0 saturated heterocycles. The highest BCUT2D eigenvalue weighted by Gasteiger charge is 2.27. The van der Waals surface area contributed by atoms with Crippen LogP contribution in [0, 0.1) is 0 Å². The van der Waals surface area contributed by atoms with Crippen molar-refractivity contribution >= 4 is 16.1 Å². The Labute approximate surface area is 147 Å². The molecule has 0 fully saturated rings. The van der Waals surface area contributed by atoms with Crippen molar-refractivity contribution < 1.29 is 27.2 Å². The first-order valence-electron chi connectivity index (χ1n) is 7.54. The van der Waals surface area contributed by atoms with Crippen LogP contribution in [0.1, 0.15) is 29.8 Å². The quantitative estimate of drug-likeness (QED) is 0.626. The van der Waals surface area contributed by atoms with Gasteiger partial charge in [-0.2, -0.15) is 8.42 Å². The predicted molar refractivity (Wildman–Crippen MR) is 93.3 cm³/mol. The van der Waals surface area contributed by atoms with Gasteiger partial charge in [0.25, 0.3) is 0 Å². The Balaban J connectivity index is 2.18. The van der Waals surface area contributed by atoms with Crippen LogP contribution in [-0.4, -0.2) is 32.4 Å². The molecule has 0 unspecified atom stereocenters. The van der Waals surface area contributed by atoms with Gasteiger partial charge in [0.05, 0.1) is 11.8 Å². The van der Waals surface area contributed by atoms with Crippen molar-refractivity contribution in [1.82, 2.24) is 0 Å². The molecule has 2 aromatic carbocycles. The summed E-state index contributed by atoms with van der Waals surface area (Å²) in [6, 6.07) is 12.7. The summed E-state index contributed by atoms with van der Waals surface area (Å²) in [5, 5.41) is 10.1. The molecule has 0 radical (unpaired) electrons. The Hall–Kier alpha value is -2.54. The number of phenols is 1. The second-order valence-electron chi connectivity index (χ2n) is 6.29. The Morgan fingerprint density at radius 2 is 1.76 bits per heavy atom. The van der Waals surface area contributed by atoms with E-state index in [1.54, 1.807) is 44.2 Å². The average Bonchev–Trinajstić information content (AvgIpc) is 2.54. The second kappa shape index (κ2) is 7.14. The lowest BCUT2D eigenvalue weighted by Gasteiger charge is -2.26. The molecule has 25 heavy (non-hydrogen) atoms. The molecule has 6 nitrogen and oxygen atoms in total. The van der Waals surface area contributed by atoms with E-state index in [1.165, 1.54) is 18.2 Å². The van der Waals surface area contributed by atoms with Crippen LogP contribution in [0.4, 0.5) is 0 Å². The van der Waals surface area contributed by atoms with Gasteiger partial charge in [-0.25, -0.2) is 4.79 Å². The number of carbonyl (C=O) groups is 1. The van der Waals surface area contributed by atoms with Crippen molar-refractivity contribution in [2.45, 2.75) is 19.3 Å². The number of rotatable bonds is 6. The number of ether oxygens (including phenoxy) is 1. The maximum Gasteiger partial charge on any atom is 0.338 e. The monoisotopic (exact) mass is 364 g/mol. The van der Waals surface area contributed by atoms with E-state index in [0.717, 1.165) is 6.26 Å². The van der Waals surface area contributed by atoms with Crippen LogP contribution in [0.2, 0.25) is 0 Å². The summed E-state index contributed by atoms with van der Waals surface area (Å²) >= 11 is 0. The maximum absolute atomic E-state index is 12.1. The highest BCUT2D eigenvalue weighted by atomic mass is 32.2. The van der Waals surface area contributed by atoms with E-state index in [1.807, 2.05) is 0 Å². The molecule has 0 aliphatic carbocycles. The Bertz CT molecular complexity index is 856. The summed E-state index contributed by atoms with van der Waals surface area (Å²) in [7, 11) is -3.68. The highest BCUT2D eigenvalue weighted by Crippen LogP contribution is 2.34. The minimum absolute atomic E-state index is 0.00336. The predicted octanol–water partition coefficient (Wildman–Crippen LogP) is 2.87. The number of phenolic OH excluding ortho intramolecular Hbond substituents is 1. The molecule has 0 aliphatic rings. The molecule has 134 valence electrons. The molecule has 0 saturated carbocycles. The third-order valence-corrected chi connectivity index (χ3v) is 4.01. The Kier molecular flexibility index (Phi) is 5.37. The minimum atomic E-state index is -3.68. The Morgan fingerprint density at radius 1 is 1.12 bits per heavy atom. The summed E-state index contributed by atoms with van der Waals surface area (Å²) in [5.74, 6) is -0.434. The number of aromatic hydroxyl groups is 1. The van der Waals surface area contributed by atoms with Crippen LogP contribution in [0.15, 0.2) is 48.5 Å². The molecule has 2 aromatic rings.